The predicted molar refractivity (Wildman–Crippen MR) is 103 cm³/mol. The predicted octanol–water partition coefficient (Wildman–Crippen LogP) is 2.99. The highest BCUT2D eigenvalue weighted by Gasteiger charge is 2.37. The number of benzene rings is 1. The molecular weight excluding hydrogens is 346 g/mol. The second-order valence-corrected chi connectivity index (χ2v) is 7.96. The number of likely N-dealkylation sites (N-methyl/N-ethyl adjacent to an activating group) is 1. The van der Waals surface area contributed by atoms with Gasteiger partial charge in [-0.2, -0.15) is 0 Å². The molecule has 0 radical (unpaired) electrons. The molecule has 0 unspecified atom stereocenters. The van der Waals surface area contributed by atoms with Gasteiger partial charge in [0.2, 0.25) is 0 Å². The minimum absolute atomic E-state index is 0.163. The van der Waals surface area contributed by atoms with Crippen LogP contribution in [0, 0.1) is 5.92 Å². The Morgan fingerprint density at radius 1 is 1.07 bits per heavy atom. The third-order valence-corrected chi connectivity index (χ3v) is 3.89. The molecule has 1 aromatic carbocycles. The summed E-state index contributed by atoms with van der Waals surface area (Å²) in [4.78, 5) is 38.5. The first kappa shape index (κ1) is 22.7. The van der Waals surface area contributed by atoms with E-state index in [4.69, 9.17) is 9.47 Å². The van der Waals surface area contributed by atoms with Gasteiger partial charge in [-0.15, -0.1) is 0 Å². The van der Waals surface area contributed by atoms with Gasteiger partial charge in [-0.1, -0.05) is 44.2 Å². The van der Waals surface area contributed by atoms with Crippen LogP contribution in [0.15, 0.2) is 30.3 Å². The summed E-state index contributed by atoms with van der Waals surface area (Å²) in [6.45, 7) is 10.3. The third kappa shape index (κ3) is 7.41. The second-order valence-electron chi connectivity index (χ2n) is 7.96. The zero-order valence-corrected chi connectivity index (χ0v) is 17.3. The molecule has 0 saturated carbocycles. The molecule has 27 heavy (non-hydrogen) atoms. The molecule has 1 rings (SSSR count). The van der Waals surface area contributed by atoms with Gasteiger partial charge in [-0.3, -0.25) is 9.59 Å². The van der Waals surface area contributed by atoms with Crippen molar-refractivity contribution >= 4 is 17.8 Å². The number of carbonyl (C=O) groups excluding carboxylic acids is 3. The topological polar surface area (TPSA) is 72.9 Å². The Labute approximate surface area is 161 Å². The summed E-state index contributed by atoms with van der Waals surface area (Å²) in [6, 6.07) is 8.52. The van der Waals surface area contributed by atoms with Crippen molar-refractivity contribution in [3.8, 4) is 0 Å². The number of rotatable bonds is 7. The maximum absolute atomic E-state index is 13.0. The summed E-state index contributed by atoms with van der Waals surface area (Å²) in [5.41, 5.74) is 0.205. The van der Waals surface area contributed by atoms with Crippen LogP contribution in [0.1, 0.15) is 47.1 Å². The fraction of sp³-hybridized carbons (Fsp3) is 0.571. The lowest BCUT2D eigenvalue weighted by atomic mass is 10.0. The Balaban J connectivity index is 3.05. The average molecular weight is 377 g/mol. The van der Waals surface area contributed by atoms with E-state index in [1.54, 1.807) is 27.8 Å². The smallest absolute Gasteiger partial charge is 0.329 e. The van der Waals surface area contributed by atoms with Gasteiger partial charge in [-0.05, 0) is 32.3 Å². The zero-order chi connectivity index (χ0) is 20.8. The maximum Gasteiger partial charge on any atom is 0.329 e. The average Bonchev–Trinajstić information content (AvgIpc) is 2.52. The second kappa shape index (κ2) is 9.53. The molecule has 0 N–H and O–H groups in total. The molecule has 0 aliphatic heterocycles. The van der Waals surface area contributed by atoms with E-state index < -0.39 is 35.6 Å². The summed E-state index contributed by atoms with van der Waals surface area (Å²) in [7, 11) is 1.54. The number of esters is 2. The summed E-state index contributed by atoms with van der Waals surface area (Å²) in [6.07, 6.45) is -0.762. The number of ether oxygens (including phenoxy) is 2. The third-order valence-electron chi connectivity index (χ3n) is 3.89. The van der Waals surface area contributed by atoms with Crippen molar-refractivity contribution in [2.24, 2.45) is 5.92 Å². The Morgan fingerprint density at radius 2 is 1.63 bits per heavy atom. The molecule has 0 bridgehead atoms. The van der Waals surface area contributed by atoms with Crippen molar-refractivity contribution in [1.82, 2.24) is 4.90 Å². The number of nitrogens with zero attached hydrogens (tertiary/aromatic N) is 1. The lowest BCUT2D eigenvalue weighted by Gasteiger charge is -2.33. The van der Waals surface area contributed by atoms with Gasteiger partial charge in [0.15, 0.2) is 6.10 Å². The molecule has 0 aliphatic rings. The first-order valence-corrected chi connectivity index (χ1v) is 9.13. The van der Waals surface area contributed by atoms with E-state index in [1.165, 1.54) is 11.8 Å². The van der Waals surface area contributed by atoms with Crippen LogP contribution in [0.3, 0.4) is 0 Å². The van der Waals surface area contributed by atoms with Gasteiger partial charge in [0.1, 0.15) is 11.6 Å². The van der Waals surface area contributed by atoms with Gasteiger partial charge >= 0.3 is 11.9 Å². The highest BCUT2D eigenvalue weighted by atomic mass is 16.6. The van der Waals surface area contributed by atoms with Gasteiger partial charge in [0.25, 0.3) is 5.91 Å². The van der Waals surface area contributed by atoms with E-state index in [1.807, 2.05) is 44.2 Å². The largest absolute Gasteiger partial charge is 0.458 e. The minimum atomic E-state index is -1.00. The van der Waals surface area contributed by atoms with E-state index in [0.29, 0.717) is 0 Å². The molecule has 150 valence electrons. The molecule has 0 aromatic heterocycles. The van der Waals surface area contributed by atoms with E-state index in [9.17, 15) is 14.4 Å². The molecule has 1 aromatic rings. The number of hydrogen-bond acceptors (Lipinski definition) is 5. The van der Waals surface area contributed by atoms with Crippen LogP contribution in [0.4, 0.5) is 0 Å². The lowest BCUT2D eigenvalue weighted by molar-refractivity contribution is -0.170. The van der Waals surface area contributed by atoms with Crippen molar-refractivity contribution in [2.45, 2.75) is 65.7 Å². The van der Waals surface area contributed by atoms with Crippen molar-refractivity contribution in [3.05, 3.63) is 35.9 Å². The summed E-state index contributed by atoms with van der Waals surface area (Å²) in [5.74, 6) is -1.62. The molecule has 6 nitrogen and oxygen atoms in total. The first-order chi connectivity index (χ1) is 12.4. The maximum atomic E-state index is 13.0. The van der Waals surface area contributed by atoms with Crippen molar-refractivity contribution in [2.75, 3.05) is 7.05 Å². The fourth-order valence-corrected chi connectivity index (χ4v) is 2.81. The highest BCUT2D eigenvalue weighted by molar-refractivity contribution is 5.88. The number of carbonyl (C=O) groups is 3. The lowest BCUT2D eigenvalue weighted by Crippen LogP contribution is -2.52. The van der Waals surface area contributed by atoms with Gasteiger partial charge in [0, 0.05) is 20.4 Å². The quantitative estimate of drug-likeness (QED) is 0.683. The Morgan fingerprint density at radius 3 is 2.07 bits per heavy atom. The highest BCUT2D eigenvalue weighted by Crippen LogP contribution is 2.19. The molecule has 0 spiro atoms. The zero-order valence-electron chi connectivity index (χ0n) is 17.3. The molecular formula is C21H31NO5. The van der Waals surface area contributed by atoms with Crippen LogP contribution in [-0.2, 0) is 30.3 Å². The monoisotopic (exact) mass is 377 g/mol. The normalized spacial score (nSPS) is 13.6. The van der Waals surface area contributed by atoms with Gasteiger partial charge in [0.05, 0.1) is 0 Å². The van der Waals surface area contributed by atoms with E-state index >= 15 is 0 Å². The molecule has 2 atom stereocenters. The fourth-order valence-electron chi connectivity index (χ4n) is 2.81. The van der Waals surface area contributed by atoms with Crippen LogP contribution in [0.25, 0.3) is 0 Å². The van der Waals surface area contributed by atoms with E-state index in [-0.39, 0.29) is 12.3 Å². The first-order valence-electron chi connectivity index (χ1n) is 9.13. The molecule has 0 aliphatic carbocycles. The van der Waals surface area contributed by atoms with E-state index in [0.717, 1.165) is 5.56 Å². The summed E-state index contributed by atoms with van der Waals surface area (Å²) < 4.78 is 10.7. The Hall–Kier alpha value is -2.37. The van der Waals surface area contributed by atoms with Crippen LogP contribution in [0.5, 0.6) is 0 Å². The van der Waals surface area contributed by atoms with Crippen molar-refractivity contribution in [1.29, 1.82) is 0 Å². The van der Waals surface area contributed by atoms with Crippen LogP contribution < -0.4 is 0 Å². The van der Waals surface area contributed by atoms with Crippen molar-refractivity contribution in [3.63, 3.8) is 0 Å². The standard InChI is InChI=1S/C21H31NO5/c1-14(2)18(20(25)27-21(4,5)6)22(7)19(24)17(26-15(3)23)13-16-11-9-8-10-12-16/h8-12,14,17-18H,13H2,1-7H3/t17-,18-/m0/s1. The van der Waals surface area contributed by atoms with E-state index in [2.05, 4.69) is 0 Å². The van der Waals surface area contributed by atoms with Crippen LogP contribution in [-0.4, -0.2) is 47.5 Å². The van der Waals surface area contributed by atoms with Crippen LogP contribution >= 0.6 is 0 Å². The number of hydrogen-bond donors (Lipinski definition) is 0. The van der Waals surface area contributed by atoms with Gasteiger partial charge in [-0.25, -0.2) is 4.79 Å². The molecule has 6 heteroatoms. The molecule has 0 fully saturated rings. The summed E-state index contributed by atoms with van der Waals surface area (Å²) >= 11 is 0. The molecule has 0 heterocycles. The number of amides is 1. The van der Waals surface area contributed by atoms with Gasteiger partial charge < -0.3 is 14.4 Å². The minimum Gasteiger partial charge on any atom is -0.458 e. The Bertz CT molecular complexity index is 648. The molecule has 0 saturated heterocycles. The van der Waals surface area contributed by atoms with Crippen LogP contribution in [0.2, 0.25) is 0 Å². The summed E-state index contributed by atoms with van der Waals surface area (Å²) in [5, 5.41) is 0. The van der Waals surface area contributed by atoms with Crippen molar-refractivity contribution < 1.29 is 23.9 Å². The SMILES string of the molecule is CC(=O)O[C@@H](Cc1ccccc1)C(=O)N(C)[C@H](C(=O)OC(C)(C)C)C(C)C. The molecule has 1 amide bonds. The Kier molecular flexibility index (Phi) is 8.00.